The Morgan fingerprint density at radius 1 is 0.806 bits per heavy atom. The minimum Gasteiger partial charge on any atom is -0.748 e. The van der Waals surface area contributed by atoms with Crippen molar-refractivity contribution in [3.05, 3.63) is 82.6 Å². The molecular formula is C48H63N3O18S3-2. The van der Waals surface area contributed by atoms with Crippen molar-refractivity contribution in [2.45, 2.75) is 88.9 Å². The van der Waals surface area contributed by atoms with Crippen LogP contribution in [-0.2, 0) is 79.4 Å². The first kappa shape index (κ1) is 58.0. The summed E-state index contributed by atoms with van der Waals surface area (Å²) in [5.74, 6) is -2.02. The van der Waals surface area contributed by atoms with E-state index in [1.54, 1.807) is 25.2 Å². The normalized spacial score (nSPS) is 17.8. The van der Waals surface area contributed by atoms with E-state index in [-0.39, 0.29) is 103 Å². The number of fused-ring (bicyclic) bond motifs is 2. The Balaban J connectivity index is 1.29. The molecule has 0 radical (unpaired) electrons. The molecule has 21 nitrogen and oxygen atoms in total. The largest absolute Gasteiger partial charge is 0.748 e. The first-order valence-electron chi connectivity index (χ1n) is 23.5. The summed E-state index contributed by atoms with van der Waals surface area (Å²) in [6.07, 6.45) is 5.31. The first-order chi connectivity index (χ1) is 33.8. The van der Waals surface area contributed by atoms with Crippen LogP contribution < -0.4 is 14.8 Å². The maximum atomic E-state index is 12.3. The fraction of sp³-hybridized carbons (Fsp3) is 0.542. The molecule has 24 heteroatoms. The topological polar surface area (TPSA) is 292 Å². The number of carbonyl (C=O) groups excluding carboxylic acids is 3. The zero-order valence-corrected chi connectivity index (χ0v) is 43.6. The van der Waals surface area contributed by atoms with Gasteiger partial charge in [-0.15, -0.1) is 5.06 Å². The molecule has 0 aromatic heterocycles. The highest BCUT2D eigenvalue weighted by molar-refractivity contribution is 7.86. The summed E-state index contributed by atoms with van der Waals surface area (Å²) in [5, 5.41) is 1.25. The molecule has 1 aliphatic carbocycles. The summed E-state index contributed by atoms with van der Waals surface area (Å²) >= 11 is 0. The van der Waals surface area contributed by atoms with Gasteiger partial charge in [0.15, 0.2) is 0 Å². The van der Waals surface area contributed by atoms with Crippen molar-refractivity contribution in [1.82, 2.24) is 9.64 Å². The smallest absolute Gasteiger partial charge is 0.335 e. The number of imide groups is 1. The van der Waals surface area contributed by atoms with Crippen LogP contribution in [0.4, 0.5) is 5.69 Å². The molecule has 3 aliphatic heterocycles. The predicted octanol–water partition coefficient (Wildman–Crippen LogP) is 3.38. The Labute approximate surface area is 420 Å². The van der Waals surface area contributed by atoms with Gasteiger partial charge < -0.3 is 46.8 Å². The van der Waals surface area contributed by atoms with E-state index in [2.05, 4.69) is 20.8 Å². The zero-order chi connectivity index (χ0) is 52.9. The molecule has 5 rings (SSSR count). The summed E-state index contributed by atoms with van der Waals surface area (Å²) in [6, 6.07) is 11.7. The van der Waals surface area contributed by atoms with Gasteiger partial charge in [0.2, 0.25) is 5.36 Å². The maximum Gasteiger partial charge on any atom is 0.335 e. The molecule has 1 aromatic carbocycles. The first-order valence-corrected chi connectivity index (χ1v) is 28.0. The number of hydrogen-bond donors (Lipinski definition) is 0. The van der Waals surface area contributed by atoms with Crippen molar-refractivity contribution in [2.24, 2.45) is 0 Å². The third-order valence-corrected chi connectivity index (χ3v) is 14.4. The summed E-state index contributed by atoms with van der Waals surface area (Å²) in [5.41, 5.74) is 2.00. The second-order valence-electron chi connectivity index (χ2n) is 18.3. The number of hydrogen-bond acceptors (Lipinski definition) is 19. The number of nitrogens with zero attached hydrogens (tertiary/aromatic N) is 3. The summed E-state index contributed by atoms with van der Waals surface area (Å²) in [7, 11) is -13.9. The van der Waals surface area contributed by atoms with Crippen molar-refractivity contribution in [1.29, 1.82) is 0 Å². The van der Waals surface area contributed by atoms with Crippen LogP contribution >= 0.6 is 0 Å². The molecular weight excluding hydrogens is 1000 g/mol. The summed E-state index contributed by atoms with van der Waals surface area (Å²) < 4.78 is 137. The molecule has 3 heterocycles. The molecule has 1 saturated heterocycles. The fourth-order valence-corrected chi connectivity index (χ4v) is 9.88. The van der Waals surface area contributed by atoms with Gasteiger partial charge in [-0.1, -0.05) is 26.8 Å². The van der Waals surface area contributed by atoms with E-state index in [9.17, 15) is 53.3 Å². The summed E-state index contributed by atoms with van der Waals surface area (Å²) in [6.45, 7) is 12.5. The van der Waals surface area contributed by atoms with Crippen LogP contribution in [0.5, 0.6) is 0 Å². The number of allylic oxidation sites excluding steroid dienone is 3. The van der Waals surface area contributed by atoms with Gasteiger partial charge in [-0.05, 0) is 85.7 Å². The van der Waals surface area contributed by atoms with Crippen LogP contribution in [-0.4, -0.2) is 146 Å². The SMILES string of the molecule is CC[N+](CCCS(=O)(=O)[O-])=c1ccc2c(C(C)(C)C)cc(/C=C/C=C3/N(CCOCCOCCOCCOCCC(=O)ON4C(=O)CCC4=O)c4ccc(S(=O)(=O)[O-])cc4C3(C)CCCS(=O)(=O)[O-])oc-2c1. The van der Waals surface area contributed by atoms with Crippen LogP contribution in [0.3, 0.4) is 0 Å². The third kappa shape index (κ3) is 16.8. The molecule has 0 spiro atoms. The number of hydroxylamine groups is 2. The Hall–Kier alpha value is -4.89. The van der Waals surface area contributed by atoms with Crippen molar-refractivity contribution >= 4 is 59.9 Å². The van der Waals surface area contributed by atoms with Crippen LogP contribution in [0.2, 0.25) is 0 Å². The van der Waals surface area contributed by atoms with Crippen LogP contribution in [0.1, 0.15) is 90.0 Å². The monoisotopic (exact) mass is 1070 g/mol. The highest BCUT2D eigenvalue weighted by atomic mass is 32.2. The van der Waals surface area contributed by atoms with Gasteiger partial charge in [0.25, 0.3) is 11.8 Å². The fourth-order valence-electron chi connectivity index (χ4n) is 8.40. The number of amides is 2. The standard InChI is InChI=1S/C48H65N3O18S3/c1-6-49(20-9-31-71(58,59)60)35-12-14-38-39(47(2,3)4)33-36(68-42(38)32-35)10-7-11-43-48(5,19-8-30-70(55,56)57)40-34-37(72(61,62)63)13-15-41(40)50(43)21-23-65-25-27-67-29-28-66-26-24-64-22-18-46(54)69-51-44(52)16-17-45(51)53/h7,10-15,32-34H,6,8-9,16-31H2,1-5H3,(H2-,55,56,57,58,59,60,61,62,63)/p-2. The van der Waals surface area contributed by atoms with Crippen molar-refractivity contribution < 1.29 is 81.5 Å². The number of carbonyl (C=O) groups is 3. The molecule has 1 aromatic rings. The Bertz CT molecular complexity index is 2840. The van der Waals surface area contributed by atoms with E-state index in [0.717, 1.165) is 16.5 Å². The van der Waals surface area contributed by atoms with E-state index in [0.29, 0.717) is 46.6 Å². The average Bonchev–Trinajstić information content (AvgIpc) is 3.72. The van der Waals surface area contributed by atoms with Crippen molar-refractivity contribution in [2.75, 3.05) is 88.9 Å². The molecule has 1 atom stereocenters. The lowest BCUT2D eigenvalue weighted by molar-refractivity contribution is -0.198. The van der Waals surface area contributed by atoms with Gasteiger partial charge in [0, 0.05) is 65.7 Å². The highest BCUT2D eigenvalue weighted by Gasteiger charge is 2.43. The van der Waals surface area contributed by atoms with Crippen molar-refractivity contribution in [3.63, 3.8) is 0 Å². The second kappa shape index (κ2) is 25.4. The lowest BCUT2D eigenvalue weighted by Crippen LogP contribution is -2.32. The number of anilines is 1. The molecule has 1 unspecified atom stereocenters. The van der Waals surface area contributed by atoms with E-state index < -0.39 is 70.0 Å². The van der Waals surface area contributed by atoms with E-state index in [1.165, 1.54) is 18.2 Å². The van der Waals surface area contributed by atoms with E-state index >= 15 is 0 Å². The van der Waals surface area contributed by atoms with Crippen LogP contribution in [0.25, 0.3) is 17.4 Å². The zero-order valence-electron chi connectivity index (χ0n) is 41.1. The van der Waals surface area contributed by atoms with Crippen LogP contribution in [0, 0.1) is 0 Å². The maximum absolute atomic E-state index is 12.3. The number of benzene rings is 2. The van der Waals surface area contributed by atoms with Gasteiger partial charge in [-0.25, -0.2) is 34.6 Å². The molecule has 1 fully saturated rings. The Kier molecular flexibility index (Phi) is 20.4. The Morgan fingerprint density at radius 2 is 1.40 bits per heavy atom. The van der Waals surface area contributed by atoms with Gasteiger partial charge in [-0.2, -0.15) is 0 Å². The predicted molar refractivity (Wildman–Crippen MR) is 259 cm³/mol. The van der Waals surface area contributed by atoms with Gasteiger partial charge in [0.05, 0.1) is 90.5 Å². The molecule has 4 aliphatic rings. The Morgan fingerprint density at radius 3 is 1.99 bits per heavy atom. The second-order valence-corrected chi connectivity index (χ2v) is 22.8. The third-order valence-electron chi connectivity index (χ3n) is 12.0. The molecule has 72 heavy (non-hydrogen) atoms. The molecule has 0 bridgehead atoms. The number of ether oxygens (including phenoxy) is 4. The molecule has 0 N–H and O–H groups in total. The minimum atomic E-state index is -4.90. The molecule has 0 saturated carbocycles. The van der Waals surface area contributed by atoms with Crippen LogP contribution in [0.15, 0.2) is 69.6 Å². The van der Waals surface area contributed by atoms with Gasteiger partial charge >= 0.3 is 5.97 Å². The minimum absolute atomic E-state index is 0.00387. The average molecular weight is 1070 g/mol. The van der Waals surface area contributed by atoms with E-state index in [4.69, 9.17) is 28.2 Å². The summed E-state index contributed by atoms with van der Waals surface area (Å²) in [4.78, 5) is 41.2. The van der Waals surface area contributed by atoms with Gasteiger partial charge in [0.1, 0.15) is 34.7 Å². The molecule has 2 amide bonds. The quantitative estimate of drug-likeness (QED) is 0.0436. The molecule has 398 valence electrons. The number of rotatable bonds is 28. The lowest BCUT2D eigenvalue weighted by atomic mass is 9.77. The lowest BCUT2D eigenvalue weighted by Gasteiger charge is -2.30. The van der Waals surface area contributed by atoms with Gasteiger partial charge in [-0.3, -0.25) is 9.59 Å². The van der Waals surface area contributed by atoms with Crippen molar-refractivity contribution in [3.8, 4) is 11.3 Å². The highest BCUT2D eigenvalue weighted by Crippen LogP contribution is 2.51. The van der Waals surface area contributed by atoms with E-state index in [1.807, 2.05) is 40.7 Å².